The van der Waals surface area contributed by atoms with Gasteiger partial charge in [-0.05, 0) is 18.9 Å². The van der Waals surface area contributed by atoms with Crippen molar-refractivity contribution in [3.63, 3.8) is 0 Å². The van der Waals surface area contributed by atoms with Crippen molar-refractivity contribution in [1.82, 2.24) is 19.8 Å². The topological polar surface area (TPSA) is 66.4 Å². The highest BCUT2D eigenvalue weighted by molar-refractivity contribution is 5.90. The normalized spacial score (nSPS) is 23.5. The van der Waals surface area contributed by atoms with E-state index in [2.05, 4.69) is 9.97 Å². The molecule has 6 heteroatoms. The Morgan fingerprint density at radius 1 is 1.32 bits per heavy atom. The van der Waals surface area contributed by atoms with E-state index < -0.39 is 0 Å². The Labute approximate surface area is 111 Å². The standard InChI is InChI=1S/C13H16N4O2/c18-12-4-7-16(8-10-3-5-14-9-15-10)13(19)11-2-1-6-17(11)12/h3,5,9,11H,1-2,4,6-8H2. The highest BCUT2D eigenvalue weighted by atomic mass is 16.2. The molecule has 2 fully saturated rings. The van der Waals surface area contributed by atoms with E-state index in [0.717, 1.165) is 25.1 Å². The summed E-state index contributed by atoms with van der Waals surface area (Å²) in [5, 5.41) is 0. The zero-order valence-corrected chi connectivity index (χ0v) is 10.7. The van der Waals surface area contributed by atoms with Gasteiger partial charge in [0.05, 0.1) is 12.2 Å². The van der Waals surface area contributed by atoms with Crippen LogP contribution in [0.1, 0.15) is 25.0 Å². The molecule has 1 aromatic rings. The van der Waals surface area contributed by atoms with E-state index in [1.165, 1.54) is 6.33 Å². The van der Waals surface area contributed by atoms with E-state index in [0.29, 0.717) is 19.5 Å². The minimum atomic E-state index is -0.253. The summed E-state index contributed by atoms with van der Waals surface area (Å²) in [7, 11) is 0. The Kier molecular flexibility index (Phi) is 3.15. The number of hydrogen-bond acceptors (Lipinski definition) is 4. The fraction of sp³-hybridized carbons (Fsp3) is 0.538. The van der Waals surface area contributed by atoms with Gasteiger partial charge >= 0.3 is 0 Å². The molecule has 2 amide bonds. The summed E-state index contributed by atoms with van der Waals surface area (Å²) in [6, 6.07) is 1.55. The molecule has 2 saturated heterocycles. The van der Waals surface area contributed by atoms with Crippen LogP contribution in [0.15, 0.2) is 18.6 Å². The van der Waals surface area contributed by atoms with Gasteiger partial charge in [0.15, 0.2) is 0 Å². The van der Waals surface area contributed by atoms with Crippen molar-refractivity contribution >= 4 is 11.8 Å². The predicted molar refractivity (Wildman–Crippen MR) is 66.8 cm³/mol. The van der Waals surface area contributed by atoms with E-state index in [1.54, 1.807) is 22.1 Å². The summed E-state index contributed by atoms with van der Waals surface area (Å²) < 4.78 is 0. The van der Waals surface area contributed by atoms with Gasteiger partial charge < -0.3 is 9.80 Å². The quantitative estimate of drug-likeness (QED) is 0.762. The van der Waals surface area contributed by atoms with Crippen LogP contribution in [0, 0.1) is 0 Å². The largest absolute Gasteiger partial charge is 0.334 e. The lowest BCUT2D eigenvalue weighted by Crippen LogP contribution is -2.43. The lowest BCUT2D eigenvalue weighted by Gasteiger charge is -2.24. The molecule has 19 heavy (non-hydrogen) atoms. The van der Waals surface area contributed by atoms with Crippen LogP contribution >= 0.6 is 0 Å². The number of carbonyl (C=O) groups excluding carboxylic acids is 2. The van der Waals surface area contributed by atoms with E-state index in [4.69, 9.17) is 0 Å². The van der Waals surface area contributed by atoms with Gasteiger partial charge in [0.2, 0.25) is 11.8 Å². The van der Waals surface area contributed by atoms with Crippen molar-refractivity contribution in [3.8, 4) is 0 Å². The average molecular weight is 260 g/mol. The van der Waals surface area contributed by atoms with Crippen molar-refractivity contribution < 1.29 is 9.59 Å². The minimum absolute atomic E-state index is 0.0574. The Hall–Kier alpha value is -1.98. The predicted octanol–water partition coefficient (Wildman–Crippen LogP) is 0.200. The van der Waals surface area contributed by atoms with Crippen LogP contribution in [0.2, 0.25) is 0 Å². The maximum atomic E-state index is 12.5. The third-order valence-electron chi connectivity index (χ3n) is 3.76. The molecule has 0 N–H and O–H groups in total. The zero-order valence-electron chi connectivity index (χ0n) is 10.7. The van der Waals surface area contributed by atoms with Gasteiger partial charge in [0.25, 0.3) is 0 Å². The van der Waals surface area contributed by atoms with Crippen molar-refractivity contribution in [1.29, 1.82) is 0 Å². The Balaban J connectivity index is 1.78. The van der Waals surface area contributed by atoms with Gasteiger partial charge in [0, 0.05) is 25.7 Å². The first-order chi connectivity index (χ1) is 9.25. The lowest BCUT2D eigenvalue weighted by atomic mass is 10.2. The van der Waals surface area contributed by atoms with Crippen LogP contribution in [-0.2, 0) is 16.1 Å². The number of aromatic nitrogens is 2. The van der Waals surface area contributed by atoms with Gasteiger partial charge in [-0.15, -0.1) is 0 Å². The van der Waals surface area contributed by atoms with Crippen LogP contribution in [0.3, 0.4) is 0 Å². The van der Waals surface area contributed by atoms with E-state index in [9.17, 15) is 9.59 Å². The number of amides is 2. The fourth-order valence-corrected chi connectivity index (χ4v) is 2.78. The Morgan fingerprint density at radius 3 is 3.00 bits per heavy atom. The maximum absolute atomic E-state index is 12.5. The van der Waals surface area contributed by atoms with Crippen LogP contribution < -0.4 is 0 Å². The smallest absolute Gasteiger partial charge is 0.245 e. The third-order valence-corrected chi connectivity index (χ3v) is 3.76. The number of nitrogens with zero attached hydrogens (tertiary/aromatic N) is 4. The number of hydrogen-bond donors (Lipinski definition) is 0. The molecule has 0 aromatic carbocycles. The van der Waals surface area contributed by atoms with E-state index in [-0.39, 0.29) is 17.9 Å². The highest BCUT2D eigenvalue weighted by Crippen LogP contribution is 2.24. The van der Waals surface area contributed by atoms with Gasteiger partial charge in [-0.2, -0.15) is 0 Å². The number of carbonyl (C=O) groups is 2. The SMILES string of the molecule is O=C1C2CCCN2C(=O)CCN1Cc1ccncn1. The first-order valence-electron chi connectivity index (χ1n) is 6.59. The van der Waals surface area contributed by atoms with Gasteiger partial charge in [-0.25, -0.2) is 9.97 Å². The molecule has 3 rings (SSSR count). The minimum Gasteiger partial charge on any atom is -0.334 e. The Morgan fingerprint density at radius 2 is 2.21 bits per heavy atom. The molecule has 6 nitrogen and oxygen atoms in total. The molecule has 2 aliphatic rings. The summed E-state index contributed by atoms with van der Waals surface area (Å²) in [6.45, 7) is 1.66. The van der Waals surface area contributed by atoms with Gasteiger partial charge in [0.1, 0.15) is 12.4 Å². The summed E-state index contributed by atoms with van der Waals surface area (Å²) >= 11 is 0. The first kappa shape index (κ1) is 12.1. The monoisotopic (exact) mass is 260 g/mol. The molecule has 1 atom stereocenters. The summed E-state index contributed by atoms with van der Waals surface area (Å²) in [6.07, 6.45) is 5.25. The van der Waals surface area contributed by atoms with Crippen molar-refractivity contribution in [2.75, 3.05) is 13.1 Å². The molecule has 0 bridgehead atoms. The van der Waals surface area contributed by atoms with E-state index in [1.807, 2.05) is 0 Å². The summed E-state index contributed by atoms with van der Waals surface area (Å²) in [4.78, 5) is 35.9. The molecular formula is C13H16N4O2. The molecule has 0 aliphatic carbocycles. The molecule has 1 unspecified atom stereocenters. The second-order valence-electron chi connectivity index (χ2n) is 4.96. The molecule has 0 saturated carbocycles. The molecule has 100 valence electrons. The molecule has 1 aromatic heterocycles. The zero-order chi connectivity index (χ0) is 13.2. The van der Waals surface area contributed by atoms with Crippen molar-refractivity contribution in [2.24, 2.45) is 0 Å². The van der Waals surface area contributed by atoms with Crippen LogP contribution in [-0.4, -0.2) is 50.7 Å². The lowest BCUT2D eigenvalue weighted by molar-refractivity contribution is -0.139. The molecule has 3 heterocycles. The van der Waals surface area contributed by atoms with Crippen molar-refractivity contribution in [3.05, 3.63) is 24.3 Å². The van der Waals surface area contributed by atoms with Crippen molar-refractivity contribution in [2.45, 2.75) is 31.8 Å². The van der Waals surface area contributed by atoms with Gasteiger partial charge in [-0.3, -0.25) is 9.59 Å². The summed E-state index contributed by atoms with van der Waals surface area (Å²) in [5.41, 5.74) is 0.808. The number of fused-ring (bicyclic) bond motifs is 1. The number of rotatable bonds is 2. The summed E-state index contributed by atoms with van der Waals surface area (Å²) in [5.74, 6) is 0.156. The molecule has 0 spiro atoms. The molecule has 2 aliphatic heterocycles. The van der Waals surface area contributed by atoms with Crippen LogP contribution in [0.4, 0.5) is 0 Å². The van der Waals surface area contributed by atoms with Crippen LogP contribution in [0.25, 0.3) is 0 Å². The molecule has 0 radical (unpaired) electrons. The average Bonchev–Trinajstić information content (AvgIpc) is 2.89. The third kappa shape index (κ3) is 2.30. The van der Waals surface area contributed by atoms with E-state index >= 15 is 0 Å². The van der Waals surface area contributed by atoms with Crippen LogP contribution in [0.5, 0.6) is 0 Å². The first-order valence-corrected chi connectivity index (χ1v) is 6.59. The molecular weight excluding hydrogens is 244 g/mol. The Bertz CT molecular complexity index is 491. The van der Waals surface area contributed by atoms with Gasteiger partial charge in [-0.1, -0.05) is 0 Å². The maximum Gasteiger partial charge on any atom is 0.245 e. The second-order valence-corrected chi connectivity index (χ2v) is 4.96. The fourth-order valence-electron chi connectivity index (χ4n) is 2.78. The second kappa shape index (κ2) is 4.95. The highest BCUT2D eigenvalue weighted by Gasteiger charge is 2.39.